The molecule has 0 aromatic heterocycles. The van der Waals surface area contributed by atoms with Crippen molar-refractivity contribution in [3.8, 4) is 0 Å². The molecule has 2 fully saturated rings. The zero-order chi connectivity index (χ0) is 14.3. The van der Waals surface area contributed by atoms with Crippen molar-refractivity contribution < 1.29 is 18.9 Å². The van der Waals surface area contributed by atoms with Crippen LogP contribution in [0.1, 0.15) is 12.8 Å². The lowest BCUT2D eigenvalue weighted by molar-refractivity contribution is -0.133. The van der Waals surface area contributed by atoms with Gasteiger partial charge in [-0.3, -0.25) is 4.79 Å². The Morgan fingerprint density at radius 3 is 2.70 bits per heavy atom. The first-order valence-corrected chi connectivity index (χ1v) is 6.52. The van der Waals surface area contributed by atoms with Crippen molar-refractivity contribution in [2.24, 2.45) is 0 Å². The largest absolute Gasteiger partial charge is 0.641 e. The second-order valence-electron chi connectivity index (χ2n) is 4.87. The van der Waals surface area contributed by atoms with Gasteiger partial charge in [-0.2, -0.15) is 0 Å². The number of benzene rings is 1. The van der Waals surface area contributed by atoms with Crippen LogP contribution in [0, 0.1) is 5.82 Å². The smallest absolute Gasteiger partial charge is 0.637 e. The van der Waals surface area contributed by atoms with E-state index in [9.17, 15) is 9.59 Å². The van der Waals surface area contributed by atoms with Gasteiger partial charge in [0, 0.05) is 16.5 Å². The van der Waals surface area contributed by atoms with Gasteiger partial charge in [0.1, 0.15) is 12.8 Å². The minimum absolute atomic E-state index is 0.104. The normalized spacial score (nSPS) is 24.1. The molecule has 2 saturated heterocycles. The van der Waals surface area contributed by atoms with Gasteiger partial charge >= 0.3 is 12.5 Å². The van der Waals surface area contributed by atoms with Crippen LogP contribution in [-0.4, -0.2) is 18.3 Å². The molecule has 0 bridgehead atoms. The van der Waals surface area contributed by atoms with Crippen molar-refractivity contribution >= 4 is 35.6 Å². The van der Waals surface area contributed by atoms with E-state index in [0.717, 1.165) is 0 Å². The molecule has 3 rings (SSSR count). The average Bonchev–Trinajstić information content (AvgIpc) is 2.84. The number of amides is 1. The average molecular weight is 291 g/mol. The number of halogens is 1. The maximum absolute atomic E-state index is 12.4. The van der Waals surface area contributed by atoms with Gasteiger partial charge in [0.25, 0.3) is 0 Å². The summed E-state index contributed by atoms with van der Waals surface area (Å²) >= 11 is 5.78. The molecular weight excluding hydrogens is 280 g/mol. The molecule has 102 valence electrons. The minimum Gasteiger partial charge on any atom is -0.637 e. The maximum atomic E-state index is 12.4. The Hall–Kier alpha value is -2.08. The topological polar surface area (TPSA) is 64.6 Å². The SMILES string of the molecule is C=C1C[C+]2CC(=O)O[B-]2(C(=O)Nc2ccc(Cl)cc2)O1. The predicted molar refractivity (Wildman–Crippen MR) is 75.0 cm³/mol. The van der Waals surface area contributed by atoms with Gasteiger partial charge < -0.3 is 19.4 Å². The number of carbonyl (C=O) groups excluding carboxylic acids is 2. The summed E-state index contributed by atoms with van der Waals surface area (Å²) in [7, 11) is 0. The van der Waals surface area contributed by atoms with E-state index in [2.05, 4.69) is 11.9 Å². The molecule has 7 heteroatoms. The minimum atomic E-state index is -2.42. The summed E-state index contributed by atoms with van der Waals surface area (Å²) in [6.07, 6.45) is 0.493. The number of rotatable bonds is 2. The first-order chi connectivity index (χ1) is 9.49. The molecule has 1 aromatic carbocycles. The van der Waals surface area contributed by atoms with Gasteiger partial charge in [-0.05, 0) is 24.3 Å². The van der Waals surface area contributed by atoms with Gasteiger partial charge in [0.15, 0.2) is 0 Å². The molecule has 1 amide bonds. The van der Waals surface area contributed by atoms with Crippen LogP contribution in [0.25, 0.3) is 0 Å². The summed E-state index contributed by atoms with van der Waals surface area (Å²) in [6.45, 7) is 1.28. The quantitative estimate of drug-likeness (QED) is 0.672. The molecule has 0 saturated carbocycles. The third-order valence-corrected chi connectivity index (χ3v) is 3.67. The van der Waals surface area contributed by atoms with E-state index in [0.29, 0.717) is 28.7 Å². The molecule has 0 aliphatic carbocycles. The number of hydrogen-bond acceptors (Lipinski definition) is 4. The predicted octanol–water partition coefficient (Wildman–Crippen LogP) is 2.89. The monoisotopic (exact) mass is 291 g/mol. The van der Waals surface area contributed by atoms with Crippen LogP contribution in [0.4, 0.5) is 10.5 Å². The van der Waals surface area contributed by atoms with E-state index in [1.54, 1.807) is 24.3 Å². The van der Waals surface area contributed by atoms with Crippen LogP contribution in [-0.2, 0) is 14.1 Å². The number of anilines is 1. The molecule has 0 radical (unpaired) electrons. The number of allylic oxidation sites excluding steroid dienone is 1. The molecule has 2 heterocycles. The third-order valence-electron chi connectivity index (χ3n) is 3.42. The summed E-state index contributed by atoms with van der Waals surface area (Å²) < 4.78 is 10.6. The summed E-state index contributed by atoms with van der Waals surface area (Å²) in [4.78, 5) is 23.8. The Bertz CT molecular complexity index is 581. The molecule has 1 atom stereocenters. The summed E-state index contributed by atoms with van der Waals surface area (Å²) in [5, 5.41) is 3.25. The van der Waals surface area contributed by atoms with Crippen LogP contribution in [0.2, 0.25) is 5.02 Å². The van der Waals surface area contributed by atoms with Gasteiger partial charge in [-0.15, -0.1) is 0 Å². The van der Waals surface area contributed by atoms with Crippen LogP contribution < -0.4 is 5.32 Å². The molecule has 20 heavy (non-hydrogen) atoms. The highest BCUT2D eigenvalue weighted by molar-refractivity contribution is 7.04. The van der Waals surface area contributed by atoms with Crippen LogP contribution in [0.15, 0.2) is 36.6 Å². The molecule has 2 aliphatic heterocycles. The lowest BCUT2D eigenvalue weighted by Gasteiger charge is -2.24. The lowest BCUT2D eigenvalue weighted by atomic mass is 9.48. The Morgan fingerprint density at radius 2 is 2.00 bits per heavy atom. The summed E-state index contributed by atoms with van der Waals surface area (Å²) in [5.74, 6) is 0.163. The van der Waals surface area contributed by atoms with E-state index in [1.165, 1.54) is 0 Å². The Kier molecular flexibility index (Phi) is 2.90. The summed E-state index contributed by atoms with van der Waals surface area (Å²) in [5.41, 5.74) is 0.555. The molecule has 0 spiro atoms. The second kappa shape index (κ2) is 4.49. The fraction of sp³-hybridized carbons (Fsp3) is 0.154. The van der Waals surface area contributed by atoms with Gasteiger partial charge in [-0.25, -0.2) is 0 Å². The first-order valence-electron chi connectivity index (χ1n) is 6.14. The molecule has 1 N–H and O–H groups in total. The zero-order valence-corrected chi connectivity index (χ0v) is 11.3. The second-order valence-corrected chi connectivity index (χ2v) is 5.30. The van der Waals surface area contributed by atoms with Crippen molar-refractivity contribution in [2.75, 3.05) is 5.32 Å². The van der Waals surface area contributed by atoms with E-state index < -0.39 is 18.3 Å². The van der Waals surface area contributed by atoms with Crippen molar-refractivity contribution in [3.05, 3.63) is 47.4 Å². The number of fused-ring (bicyclic) bond motifs is 1. The Morgan fingerprint density at radius 1 is 1.30 bits per heavy atom. The fourth-order valence-electron chi connectivity index (χ4n) is 2.53. The number of hydrogen-bond donors (Lipinski definition) is 1. The molecule has 2 aliphatic rings. The maximum Gasteiger partial charge on any atom is 0.641 e. The highest BCUT2D eigenvalue weighted by Crippen LogP contribution is 2.44. The number of nitrogens with one attached hydrogen (secondary N) is 1. The first kappa shape index (κ1) is 12.9. The highest BCUT2D eigenvalue weighted by atomic mass is 35.5. The van der Waals surface area contributed by atoms with E-state index in [1.807, 2.05) is 0 Å². The number of carbonyl (C=O) groups is 2. The molecular formula is C13H11BClNO4. The Balaban J connectivity index is 1.83. The van der Waals surface area contributed by atoms with E-state index >= 15 is 0 Å². The van der Waals surface area contributed by atoms with Crippen LogP contribution in [0.3, 0.4) is 0 Å². The van der Waals surface area contributed by atoms with Crippen LogP contribution >= 0.6 is 11.6 Å². The van der Waals surface area contributed by atoms with Crippen molar-refractivity contribution in [3.63, 3.8) is 0 Å². The lowest BCUT2D eigenvalue weighted by Crippen LogP contribution is -2.51. The molecule has 1 unspecified atom stereocenters. The van der Waals surface area contributed by atoms with E-state index in [4.69, 9.17) is 20.9 Å². The third kappa shape index (κ3) is 2.02. The van der Waals surface area contributed by atoms with Crippen molar-refractivity contribution in [1.29, 1.82) is 0 Å². The van der Waals surface area contributed by atoms with Gasteiger partial charge in [-0.1, -0.05) is 18.2 Å². The summed E-state index contributed by atoms with van der Waals surface area (Å²) in [6, 6.07) is 6.63. The van der Waals surface area contributed by atoms with Gasteiger partial charge in [0.2, 0.25) is 5.81 Å². The van der Waals surface area contributed by atoms with Crippen molar-refractivity contribution in [2.45, 2.75) is 12.8 Å². The fourth-order valence-corrected chi connectivity index (χ4v) is 2.65. The van der Waals surface area contributed by atoms with Crippen molar-refractivity contribution in [1.82, 2.24) is 0 Å². The van der Waals surface area contributed by atoms with Crippen LogP contribution in [0.5, 0.6) is 0 Å². The molecule has 5 nitrogen and oxygen atoms in total. The van der Waals surface area contributed by atoms with E-state index in [-0.39, 0.29) is 6.42 Å². The zero-order valence-electron chi connectivity index (χ0n) is 10.5. The Labute approximate surface area is 120 Å². The standard InChI is InChI=1S/C13H11BClNO4/c1-8-6-9-7-12(17)20-14(9,19-8)13(18)16-11-4-2-10(15)3-5-11/h2-5H,1,6-7H2,(H,16,18). The molecule has 1 aromatic rings. The van der Waals surface area contributed by atoms with Gasteiger partial charge in [0.05, 0.1) is 5.76 Å². The highest BCUT2D eigenvalue weighted by Gasteiger charge is 2.68.